The van der Waals surface area contributed by atoms with Crippen LogP contribution in [0.2, 0.25) is 0 Å². The molecule has 0 fully saturated rings. The number of rotatable bonds is 4. The highest BCUT2D eigenvalue weighted by atomic mass is 127. The summed E-state index contributed by atoms with van der Waals surface area (Å²) < 4.78 is 1.03. The van der Waals surface area contributed by atoms with E-state index in [4.69, 9.17) is 5.11 Å². The van der Waals surface area contributed by atoms with Crippen molar-refractivity contribution >= 4 is 34.2 Å². The summed E-state index contributed by atoms with van der Waals surface area (Å²) in [6.45, 7) is 0.133. The van der Waals surface area contributed by atoms with E-state index in [0.717, 1.165) is 14.8 Å². The van der Waals surface area contributed by atoms with Crippen LogP contribution < -0.4 is 5.32 Å². The molecule has 2 aromatic carbocycles. The van der Waals surface area contributed by atoms with Crippen molar-refractivity contribution in [1.29, 1.82) is 0 Å². The van der Waals surface area contributed by atoms with Crippen LogP contribution in [-0.4, -0.2) is 17.6 Å². The maximum atomic E-state index is 12.0. The van der Waals surface area contributed by atoms with Gasteiger partial charge in [-0.3, -0.25) is 4.79 Å². The molecule has 2 N–H and O–H groups in total. The third-order valence-electron chi connectivity index (χ3n) is 2.70. The number of benzene rings is 2. The van der Waals surface area contributed by atoms with Crippen molar-refractivity contribution in [3.63, 3.8) is 0 Å². The third kappa shape index (κ3) is 4.04. The molecule has 98 valence electrons. The lowest BCUT2D eigenvalue weighted by molar-refractivity contribution is 0.102. The van der Waals surface area contributed by atoms with Crippen LogP contribution in [-0.2, 0) is 6.42 Å². The standard InChI is InChI=1S/C15H14INO2/c16-13-3-1-2-12(10-13)15(19)17-14-6-4-11(5-7-14)8-9-18/h1-7,10,18H,8-9H2,(H,17,19). The van der Waals surface area contributed by atoms with E-state index in [2.05, 4.69) is 27.9 Å². The van der Waals surface area contributed by atoms with E-state index in [0.29, 0.717) is 12.0 Å². The lowest BCUT2D eigenvalue weighted by Crippen LogP contribution is -2.11. The number of aliphatic hydroxyl groups excluding tert-OH is 1. The molecule has 19 heavy (non-hydrogen) atoms. The number of hydrogen-bond donors (Lipinski definition) is 2. The zero-order valence-corrected chi connectivity index (χ0v) is 12.4. The van der Waals surface area contributed by atoms with Crippen LogP contribution in [0.4, 0.5) is 5.69 Å². The maximum absolute atomic E-state index is 12.0. The Balaban J connectivity index is 2.06. The van der Waals surface area contributed by atoms with E-state index in [1.807, 2.05) is 42.5 Å². The molecule has 0 aliphatic carbocycles. The fraction of sp³-hybridized carbons (Fsp3) is 0.133. The molecule has 0 heterocycles. The van der Waals surface area contributed by atoms with E-state index in [-0.39, 0.29) is 12.5 Å². The van der Waals surface area contributed by atoms with Crippen molar-refractivity contribution in [1.82, 2.24) is 0 Å². The quantitative estimate of drug-likeness (QED) is 0.817. The molecule has 0 spiro atoms. The number of amides is 1. The number of nitrogens with one attached hydrogen (secondary N) is 1. The van der Waals surface area contributed by atoms with E-state index in [1.54, 1.807) is 6.07 Å². The maximum Gasteiger partial charge on any atom is 0.255 e. The van der Waals surface area contributed by atoms with E-state index >= 15 is 0 Å². The van der Waals surface area contributed by atoms with Crippen molar-refractivity contribution in [3.05, 3.63) is 63.2 Å². The first-order valence-corrected chi connectivity index (χ1v) is 7.03. The van der Waals surface area contributed by atoms with Crippen LogP contribution in [0.15, 0.2) is 48.5 Å². The Morgan fingerprint density at radius 2 is 1.89 bits per heavy atom. The molecule has 0 saturated heterocycles. The molecule has 0 aliphatic rings. The van der Waals surface area contributed by atoms with Crippen LogP contribution in [0, 0.1) is 3.57 Å². The molecule has 4 heteroatoms. The van der Waals surface area contributed by atoms with Gasteiger partial charge in [-0.05, 0) is 64.9 Å². The average molecular weight is 367 g/mol. The molecule has 0 atom stereocenters. The van der Waals surface area contributed by atoms with Crippen LogP contribution in [0.25, 0.3) is 0 Å². The fourth-order valence-electron chi connectivity index (χ4n) is 1.72. The predicted molar refractivity (Wildman–Crippen MR) is 84.3 cm³/mol. The van der Waals surface area contributed by atoms with Gasteiger partial charge in [0.1, 0.15) is 0 Å². The molecule has 0 aromatic heterocycles. The van der Waals surface area contributed by atoms with Gasteiger partial charge in [0.25, 0.3) is 5.91 Å². The minimum absolute atomic E-state index is 0.117. The lowest BCUT2D eigenvalue weighted by atomic mass is 10.1. The molecule has 2 aromatic rings. The molecule has 0 saturated carbocycles. The van der Waals surface area contributed by atoms with Gasteiger partial charge in [-0.1, -0.05) is 18.2 Å². The Morgan fingerprint density at radius 1 is 1.16 bits per heavy atom. The fourth-order valence-corrected chi connectivity index (χ4v) is 2.26. The number of halogens is 1. The number of anilines is 1. The van der Waals surface area contributed by atoms with Crippen molar-refractivity contribution in [2.75, 3.05) is 11.9 Å². The van der Waals surface area contributed by atoms with E-state index in [9.17, 15) is 4.79 Å². The van der Waals surface area contributed by atoms with Gasteiger partial charge in [-0.25, -0.2) is 0 Å². The minimum atomic E-state index is -0.117. The minimum Gasteiger partial charge on any atom is -0.396 e. The van der Waals surface area contributed by atoms with Crippen LogP contribution in [0.5, 0.6) is 0 Å². The monoisotopic (exact) mass is 367 g/mol. The summed E-state index contributed by atoms with van der Waals surface area (Å²) in [4.78, 5) is 12.0. The Morgan fingerprint density at radius 3 is 2.53 bits per heavy atom. The van der Waals surface area contributed by atoms with Gasteiger partial charge in [-0.2, -0.15) is 0 Å². The first kappa shape index (κ1) is 14.0. The number of aliphatic hydroxyl groups is 1. The van der Waals surface area contributed by atoms with Gasteiger partial charge in [0.05, 0.1) is 0 Å². The SMILES string of the molecule is O=C(Nc1ccc(CCO)cc1)c1cccc(I)c1. The summed E-state index contributed by atoms with van der Waals surface area (Å²) in [7, 11) is 0. The summed E-state index contributed by atoms with van der Waals surface area (Å²) in [5.74, 6) is -0.117. The topological polar surface area (TPSA) is 49.3 Å². The molecule has 2 rings (SSSR count). The van der Waals surface area contributed by atoms with Gasteiger partial charge in [0.2, 0.25) is 0 Å². The van der Waals surface area contributed by atoms with Gasteiger partial charge in [-0.15, -0.1) is 0 Å². The van der Waals surface area contributed by atoms with Crippen LogP contribution >= 0.6 is 22.6 Å². The largest absolute Gasteiger partial charge is 0.396 e. The van der Waals surface area contributed by atoms with Crippen molar-refractivity contribution in [2.24, 2.45) is 0 Å². The highest BCUT2D eigenvalue weighted by Crippen LogP contribution is 2.13. The second kappa shape index (κ2) is 6.68. The smallest absolute Gasteiger partial charge is 0.255 e. The zero-order valence-electron chi connectivity index (χ0n) is 10.3. The number of hydrogen-bond acceptors (Lipinski definition) is 2. The van der Waals surface area contributed by atoms with E-state index in [1.165, 1.54) is 0 Å². The first-order valence-electron chi connectivity index (χ1n) is 5.96. The van der Waals surface area contributed by atoms with Gasteiger partial charge in [0, 0.05) is 21.4 Å². The Labute approximate surface area is 125 Å². The second-order valence-corrected chi connectivity index (χ2v) is 5.38. The number of carbonyl (C=O) groups excluding carboxylic acids is 1. The molecule has 0 aliphatic heterocycles. The molecular formula is C15H14INO2. The van der Waals surface area contributed by atoms with Gasteiger partial charge < -0.3 is 10.4 Å². The normalized spacial score (nSPS) is 10.2. The van der Waals surface area contributed by atoms with Crippen LogP contribution in [0.3, 0.4) is 0 Å². The summed E-state index contributed by atoms with van der Waals surface area (Å²) in [6.07, 6.45) is 0.630. The second-order valence-electron chi connectivity index (χ2n) is 4.14. The summed E-state index contributed by atoms with van der Waals surface area (Å²) >= 11 is 2.18. The summed E-state index contributed by atoms with van der Waals surface area (Å²) in [5, 5.41) is 11.7. The average Bonchev–Trinajstić information content (AvgIpc) is 2.41. The molecule has 0 radical (unpaired) electrons. The molecule has 0 unspecified atom stereocenters. The third-order valence-corrected chi connectivity index (χ3v) is 3.37. The Hall–Kier alpha value is -1.40. The molecule has 0 bridgehead atoms. The molecule has 1 amide bonds. The van der Waals surface area contributed by atoms with Crippen molar-refractivity contribution < 1.29 is 9.90 Å². The zero-order chi connectivity index (χ0) is 13.7. The Kier molecular flexibility index (Phi) is 4.93. The molecular weight excluding hydrogens is 353 g/mol. The predicted octanol–water partition coefficient (Wildman–Crippen LogP) is 3.08. The van der Waals surface area contributed by atoms with Crippen molar-refractivity contribution in [3.8, 4) is 0 Å². The Bertz CT molecular complexity index is 567. The van der Waals surface area contributed by atoms with Crippen molar-refractivity contribution in [2.45, 2.75) is 6.42 Å². The van der Waals surface area contributed by atoms with Crippen LogP contribution in [0.1, 0.15) is 15.9 Å². The number of carbonyl (C=O) groups is 1. The highest BCUT2D eigenvalue weighted by Gasteiger charge is 2.06. The lowest BCUT2D eigenvalue weighted by Gasteiger charge is -2.06. The summed E-state index contributed by atoms with van der Waals surface area (Å²) in [5.41, 5.74) is 2.45. The first-order chi connectivity index (χ1) is 9.19. The molecule has 3 nitrogen and oxygen atoms in total. The van der Waals surface area contributed by atoms with Gasteiger partial charge in [0.15, 0.2) is 0 Å². The van der Waals surface area contributed by atoms with Gasteiger partial charge >= 0.3 is 0 Å². The highest BCUT2D eigenvalue weighted by molar-refractivity contribution is 14.1. The van der Waals surface area contributed by atoms with E-state index < -0.39 is 0 Å². The summed E-state index contributed by atoms with van der Waals surface area (Å²) in [6, 6.07) is 14.9.